The average molecular weight is 265 g/mol. The zero-order valence-corrected chi connectivity index (χ0v) is 10.2. The van der Waals surface area contributed by atoms with Crippen molar-refractivity contribution in [1.82, 2.24) is 15.2 Å². The number of amides is 3. The molecule has 2 heterocycles. The van der Waals surface area contributed by atoms with E-state index in [9.17, 15) is 18.8 Å². The molecule has 1 aliphatic heterocycles. The first-order valence-corrected chi connectivity index (χ1v) is 5.79. The molecule has 0 radical (unpaired) electrons. The van der Waals surface area contributed by atoms with Crippen LogP contribution in [0.1, 0.15) is 23.7 Å². The molecule has 1 saturated heterocycles. The van der Waals surface area contributed by atoms with Gasteiger partial charge in [-0.3, -0.25) is 19.7 Å². The van der Waals surface area contributed by atoms with E-state index in [0.717, 1.165) is 12.3 Å². The van der Waals surface area contributed by atoms with Crippen LogP contribution in [0.4, 0.5) is 4.39 Å². The Bertz CT molecular complexity index is 530. The number of carbonyl (C=O) groups excluding carboxylic acids is 3. The number of hydrogen-bond acceptors (Lipinski definition) is 4. The standard InChI is InChI=1S/C12H12FN3O3/c1-2-8-11(18)15-10(17)6-16(8)12(19)7-3-4-9(13)14-5-7/h3-5,8H,2,6H2,1H3,(H,15,17,18). The number of nitrogens with one attached hydrogen (secondary N) is 1. The monoisotopic (exact) mass is 265 g/mol. The van der Waals surface area contributed by atoms with Crippen LogP contribution < -0.4 is 5.32 Å². The molecule has 1 fully saturated rings. The van der Waals surface area contributed by atoms with E-state index in [0.29, 0.717) is 6.42 Å². The van der Waals surface area contributed by atoms with Crippen molar-refractivity contribution in [2.24, 2.45) is 0 Å². The summed E-state index contributed by atoms with van der Waals surface area (Å²) < 4.78 is 12.7. The van der Waals surface area contributed by atoms with E-state index in [2.05, 4.69) is 10.3 Å². The molecule has 0 bridgehead atoms. The van der Waals surface area contributed by atoms with Gasteiger partial charge in [-0.1, -0.05) is 6.92 Å². The maximum Gasteiger partial charge on any atom is 0.256 e. The van der Waals surface area contributed by atoms with Gasteiger partial charge in [-0.05, 0) is 18.6 Å². The molecule has 2 rings (SSSR count). The second-order valence-corrected chi connectivity index (χ2v) is 4.14. The largest absolute Gasteiger partial charge is 0.317 e. The summed E-state index contributed by atoms with van der Waals surface area (Å²) in [4.78, 5) is 39.7. The summed E-state index contributed by atoms with van der Waals surface area (Å²) in [5.74, 6) is -2.24. The molecule has 1 aromatic heterocycles. The normalized spacial score (nSPS) is 19.3. The van der Waals surface area contributed by atoms with Crippen LogP contribution in [-0.4, -0.2) is 40.2 Å². The Labute approximate surface area is 108 Å². The fourth-order valence-corrected chi connectivity index (χ4v) is 1.95. The molecule has 1 N–H and O–H groups in total. The fourth-order valence-electron chi connectivity index (χ4n) is 1.95. The van der Waals surface area contributed by atoms with Crippen LogP contribution in [0.15, 0.2) is 18.3 Å². The van der Waals surface area contributed by atoms with E-state index in [-0.39, 0.29) is 12.1 Å². The zero-order valence-electron chi connectivity index (χ0n) is 10.2. The van der Waals surface area contributed by atoms with E-state index in [1.165, 1.54) is 11.0 Å². The third-order valence-corrected chi connectivity index (χ3v) is 2.88. The second kappa shape index (κ2) is 5.13. The smallest absolute Gasteiger partial charge is 0.256 e. The number of imide groups is 1. The lowest BCUT2D eigenvalue weighted by Crippen LogP contribution is -2.59. The van der Waals surface area contributed by atoms with E-state index < -0.39 is 29.7 Å². The van der Waals surface area contributed by atoms with Crippen molar-refractivity contribution in [3.63, 3.8) is 0 Å². The highest BCUT2D eigenvalue weighted by molar-refractivity contribution is 6.07. The quantitative estimate of drug-likeness (QED) is 0.607. The lowest BCUT2D eigenvalue weighted by Gasteiger charge is -2.33. The van der Waals surface area contributed by atoms with Gasteiger partial charge in [-0.25, -0.2) is 4.98 Å². The van der Waals surface area contributed by atoms with Crippen molar-refractivity contribution in [2.45, 2.75) is 19.4 Å². The maximum atomic E-state index is 12.7. The zero-order chi connectivity index (χ0) is 14.0. The Kier molecular flexibility index (Phi) is 3.55. The Morgan fingerprint density at radius 2 is 2.26 bits per heavy atom. The van der Waals surface area contributed by atoms with Gasteiger partial charge in [0, 0.05) is 6.20 Å². The molecule has 0 spiro atoms. The number of piperazine rings is 1. The number of halogens is 1. The Hall–Kier alpha value is -2.31. The summed E-state index contributed by atoms with van der Waals surface area (Å²) >= 11 is 0. The second-order valence-electron chi connectivity index (χ2n) is 4.14. The number of nitrogens with zero attached hydrogens (tertiary/aromatic N) is 2. The Morgan fingerprint density at radius 3 is 2.84 bits per heavy atom. The number of aromatic nitrogens is 1. The summed E-state index contributed by atoms with van der Waals surface area (Å²) in [5.41, 5.74) is 0.141. The Morgan fingerprint density at radius 1 is 1.53 bits per heavy atom. The fraction of sp³-hybridized carbons (Fsp3) is 0.333. The maximum absolute atomic E-state index is 12.7. The lowest BCUT2D eigenvalue weighted by atomic mass is 10.1. The topological polar surface area (TPSA) is 79.4 Å². The molecule has 6 nitrogen and oxygen atoms in total. The first kappa shape index (κ1) is 13.1. The minimum atomic E-state index is -0.699. The first-order valence-electron chi connectivity index (χ1n) is 5.79. The van der Waals surface area contributed by atoms with Crippen LogP contribution >= 0.6 is 0 Å². The molecule has 7 heteroatoms. The lowest BCUT2D eigenvalue weighted by molar-refractivity contribution is -0.138. The van der Waals surface area contributed by atoms with Crippen molar-refractivity contribution in [3.05, 3.63) is 29.8 Å². The van der Waals surface area contributed by atoms with Crippen LogP contribution in [0.5, 0.6) is 0 Å². The van der Waals surface area contributed by atoms with Crippen LogP contribution in [0.3, 0.4) is 0 Å². The molecule has 0 aromatic carbocycles. The number of hydrogen-bond donors (Lipinski definition) is 1. The molecule has 19 heavy (non-hydrogen) atoms. The van der Waals surface area contributed by atoms with E-state index in [4.69, 9.17) is 0 Å². The highest BCUT2D eigenvalue weighted by atomic mass is 19.1. The van der Waals surface area contributed by atoms with Crippen molar-refractivity contribution in [1.29, 1.82) is 0 Å². The molecule has 0 aliphatic carbocycles. The average Bonchev–Trinajstić information content (AvgIpc) is 2.38. The van der Waals surface area contributed by atoms with Gasteiger partial charge in [0.1, 0.15) is 12.6 Å². The molecule has 1 aliphatic rings. The van der Waals surface area contributed by atoms with Crippen LogP contribution in [0.25, 0.3) is 0 Å². The van der Waals surface area contributed by atoms with Gasteiger partial charge < -0.3 is 4.90 Å². The van der Waals surface area contributed by atoms with Crippen molar-refractivity contribution in [3.8, 4) is 0 Å². The third-order valence-electron chi connectivity index (χ3n) is 2.88. The number of pyridine rings is 1. The molecule has 1 atom stereocenters. The van der Waals surface area contributed by atoms with Crippen LogP contribution in [0, 0.1) is 5.95 Å². The summed E-state index contributed by atoms with van der Waals surface area (Å²) in [7, 11) is 0. The molecule has 3 amide bonds. The van der Waals surface area contributed by atoms with Crippen molar-refractivity contribution in [2.75, 3.05) is 6.54 Å². The predicted octanol–water partition coefficient (Wildman–Crippen LogP) is 0.0979. The Balaban J connectivity index is 2.27. The minimum Gasteiger partial charge on any atom is -0.317 e. The van der Waals surface area contributed by atoms with Gasteiger partial charge in [0.15, 0.2) is 0 Å². The molecule has 100 valence electrons. The number of carbonyl (C=O) groups is 3. The van der Waals surface area contributed by atoms with Crippen LogP contribution in [0.2, 0.25) is 0 Å². The highest BCUT2D eigenvalue weighted by Gasteiger charge is 2.35. The first-order chi connectivity index (χ1) is 9.02. The van der Waals surface area contributed by atoms with E-state index in [1.54, 1.807) is 6.92 Å². The van der Waals surface area contributed by atoms with Crippen molar-refractivity contribution >= 4 is 17.7 Å². The van der Waals surface area contributed by atoms with Gasteiger partial charge in [0.25, 0.3) is 5.91 Å². The van der Waals surface area contributed by atoms with E-state index in [1.807, 2.05) is 0 Å². The van der Waals surface area contributed by atoms with Gasteiger partial charge in [-0.15, -0.1) is 0 Å². The van der Waals surface area contributed by atoms with Gasteiger partial charge in [-0.2, -0.15) is 4.39 Å². The SMILES string of the molecule is CCC1C(=O)NC(=O)CN1C(=O)c1ccc(F)nc1. The van der Waals surface area contributed by atoms with Crippen molar-refractivity contribution < 1.29 is 18.8 Å². The van der Waals surface area contributed by atoms with Crippen LogP contribution in [-0.2, 0) is 9.59 Å². The summed E-state index contributed by atoms with van der Waals surface area (Å²) in [5, 5.41) is 2.18. The molecular weight excluding hydrogens is 253 g/mol. The predicted molar refractivity (Wildman–Crippen MR) is 62.5 cm³/mol. The minimum absolute atomic E-state index is 0.141. The summed E-state index contributed by atoms with van der Waals surface area (Å²) in [6.45, 7) is 1.55. The number of rotatable bonds is 2. The third kappa shape index (κ3) is 2.59. The highest BCUT2D eigenvalue weighted by Crippen LogP contribution is 2.13. The molecule has 1 aromatic rings. The van der Waals surface area contributed by atoms with Gasteiger partial charge in [0.2, 0.25) is 17.8 Å². The summed E-state index contributed by atoms with van der Waals surface area (Å²) in [6, 6.07) is 1.63. The van der Waals surface area contributed by atoms with Gasteiger partial charge >= 0.3 is 0 Å². The molecule has 1 unspecified atom stereocenters. The van der Waals surface area contributed by atoms with Gasteiger partial charge in [0.05, 0.1) is 5.56 Å². The summed E-state index contributed by atoms with van der Waals surface area (Å²) in [6.07, 6.45) is 1.47. The molecular formula is C12H12FN3O3. The molecule has 0 saturated carbocycles. The van der Waals surface area contributed by atoms with E-state index >= 15 is 0 Å².